The molecule has 112 valence electrons. The summed E-state index contributed by atoms with van der Waals surface area (Å²) >= 11 is 0. The van der Waals surface area contributed by atoms with Crippen molar-refractivity contribution in [3.05, 3.63) is 12.2 Å². The van der Waals surface area contributed by atoms with Crippen LogP contribution in [0.15, 0.2) is 12.2 Å². The first kappa shape index (κ1) is 14.8. The maximum atomic E-state index is 11.3. The van der Waals surface area contributed by atoms with Gasteiger partial charge in [-0.3, -0.25) is 4.79 Å². The smallest absolute Gasteiger partial charge is 0.407 e. The second kappa shape index (κ2) is 5.41. The third-order valence-corrected chi connectivity index (χ3v) is 3.12. The van der Waals surface area contributed by atoms with Gasteiger partial charge in [-0.2, -0.15) is 0 Å². The fourth-order valence-corrected chi connectivity index (χ4v) is 2.42. The highest BCUT2D eigenvalue weighted by Crippen LogP contribution is 2.35. The second-order valence-electron chi connectivity index (χ2n) is 5.19. The van der Waals surface area contributed by atoms with Crippen LogP contribution in [0.1, 0.15) is 20.8 Å². The molecule has 2 aliphatic rings. The lowest BCUT2D eigenvalue weighted by molar-refractivity contribution is -0.164. The highest BCUT2D eigenvalue weighted by molar-refractivity contribution is 5.68. The molecule has 0 unspecified atom stereocenters. The van der Waals surface area contributed by atoms with Crippen molar-refractivity contribution in [1.82, 2.24) is 5.32 Å². The van der Waals surface area contributed by atoms with E-state index in [4.69, 9.17) is 14.2 Å². The number of rotatable bonds is 2. The monoisotopic (exact) mass is 285 g/mol. The predicted octanol–water partition coefficient (Wildman–Crippen LogP) is 0.733. The van der Waals surface area contributed by atoms with Crippen LogP contribution in [0.25, 0.3) is 0 Å². The molecule has 4 atom stereocenters. The summed E-state index contributed by atoms with van der Waals surface area (Å²) in [4.78, 5) is 22.5. The molecule has 0 spiro atoms. The van der Waals surface area contributed by atoms with Crippen molar-refractivity contribution >= 4 is 12.1 Å². The van der Waals surface area contributed by atoms with E-state index in [0.29, 0.717) is 0 Å². The molecule has 0 radical (unpaired) electrons. The number of carbonyl (C=O) groups excluding carboxylic acids is 2. The average molecular weight is 285 g/mol. The zero-order valence-electron chi connectivity index (χ0n) is 11.9. The van der Waals surface area contributed by atoms with E-state index in [2.05, 4.69) is 10.1 Å². The van der Waals surface area contributed by atoms with E-state index in [1.807, 2.05) is 0 Å². The summed E-state index contributed by atoms with van der Waals surface area (Å²) in [5.41, 5.74) is 0. The van der Waals surface area contributed by atoms with E-state index in [1.165, 1.54) is 14.0 Å². The van der Waals surface area contributed by atoms with E-state index >= 15 is 0 Å². The Balaban J connectivity index is 2.17. The number of esters is 1. The van der Waals surface area contributed by atoms with Crippen molar-refractivity contribution in [3.63, 3.8) is 0 Å². The summed E-state index contributed by atoms with van der Waals surface area (Å²) in [6, 6.07) is -0.402. The predicted molar refractivity (Wildman–Crippen MR) is 67.8 cm³/mol. The van der Waals surface area contributed by atoms with E-state index in [-0.39, 0.29) is 0 Å². The Labute approximate surface area is 117 Å². The minimum atomic E-state index is -0.810. The van der Waals surface area contributed by atoms with Gasteiger partial charge in [0.25, 0.3) is 0 Å². The first-order valence-electron chi connectivity index (χ1n) is 6.38. The maximum Gasteiger partial charge on any atom is 0.407 e. The summed E-state index contributed by atoms with van der Waals surface area (Å²) in [7, 11) is 1.29. The Morgan fingerprint density at radius 1 is 1.20 bits per heavy atom. The van der Waals surface area contributed by atoms with Crippen molar-refractivity contribution in [2.75, 3.05) is 7.11 Å². The summed E-state index contributed by atoms with van der Waals surface area (Å²) in [5.74, 6) is -1.21. The number of nitrogens with one attached hydrogen (secondary N) is 1. The third kappa shape index (κ3) is 3.10. The first-order chi connectivity index (χ1) is 9.32. The van der Waals surface area contributed by atoms with Crippen LogP contribution in [0.3, 0.4) is 0 Å². The number of carbonyl (C=O) groups is 2. The molecule has 0 aromatic heterocycles. The lowest BCUT2D eigenvalue weighted by Crippen LogP contribution is -2.52. The number of alkyl carbamates (subject to hydrolysis) is 1. The molecule has 0 saturated carbocycles. The number of amides is 1. The fourth-order valence-electron chi connectivity index (χ4n) is 2.42. The summed E-state index contributed by atoms with van der Waals surface area (Å²) < 4.78 is 21.3. The van der Waals surface area contributed by atoms with Crippen LogP contribution in [-0.2, 0) is 23.7 Å². The number of fused-ring (bicyclic) bond motifs is 1. The molecule has 0 aromatic rings. The molecule has 7 heteroatoms. The summed E-state index contributed by atoms with van der Waals surface area (Å²) in [6.07, 6.45) is 1.40. The molecule has 7 nitrogen and oxygen atoms in total. The Bertz CT molecular complexity index is 433. The molecule has 1 heterocycles. The fraction of sp³-hybridized carbons (Fsp3) is 0.692. The molecule has 2 rings (SSSR count). The Kier molecular flexibility index (Phi) is 4.01. The van der Waals surface area contributed by atoms with Crippen LogP contribution in [0.5, 0.6) is 0 Å². The lowest BCUT2D eigenvalue weighted by Gasteiger charge is -2.32. The molecule has 20 heavy (non-hydrogen) atoms. The minimum absolute atomic E-state index is 0.397. The molecular weight excluding hydrogens is 266 g/mol. The topological polar surface area (TPSA) is 83.1 Å². The standard InChI is InChI=1S/C13H19NO6/c1-7(15)18-9-6-5-8(14-12(16)17-4)10-11(9)20-13(2,3)19-10/h5-6,8-11H,1-4H3,(H,14,16)/t8-,9+,10+,11-/m1/s1. The number of methoxy groups -OCH3 is 1. The largest absolute Gasteiger partial charge is 0.455 e. The first-order valence-corrected chi connectivity index (χ1v) is 6.38. The molecule has 0 aromatic carbocycles. The van der Waals surface area contributed by atoms with E-state index in [0.717, 1.165) is 0 Å². The van der Waals surface area contributed by atoms with Gasteiger partial charge in [-0.25, -0.2) is 4.79 Å². The van der Waals surface area contributed by atoms with Gasteiger partial charge in [-0.05, 0) is 19.9 Å². The lowest BCUT2D eigenvalue weighted by atomic mass is 9.94. The number of hydrogen-bond acceptors (Lipinski definition) is 6. The van der Waals surface area contributed by atoms with E-state index in [9.17, 15) is 9.59 Å². The van der Waals surface area contributed by atoms with Gasteiger partial charge in [0.05, 0.1) is 13.2 Å². The molecule has 1 saturated heterocycles. The van der Waals surface area contributed by atoms with Gasteiger partial charge in [0.1, 0.15) is 18.3 Å². The van der Waals surface area contributed by atoms with Gasteiger partial charge in [0, 0.05) is 6.92 Å². The molecule has 1 aliphatic heterocycles. The highest BCUT2D eigenvalue weighted by atomic mass is 16.8. The van der Waals surface area contributed by atoms with Crippen molar-refractivity contribution in [3.8, 4) is 0 Å². The van der Waals surface area contributed by atoms with Crippen molar-refractivity contribution in [1.29, 1.82) is 0 Å². The summed E-state index contributed by atoms with van der Waals surface area (Å²) in [5, 5.41) is 2.66. The molecule has 1 fully saturated rings. The van der Waals surface area contributed by atoms with Crippen LogP contribution >= 0.6 is 0 Å². The van der Waals surface area contributed by atoms with Crippen molar-refractivity contribution in [2.45, 2.75) is 50.9 Å². The highest BCUT2D eigenvalue weighted by Gasteiger charge is 2.50. The summed E-state index contributed by atoms with van der Waals surface area (Å²) in [6.45, 7) is 4.87. The molecule has 0 bridgehead atoms. The average Bonchev–Trinajstić information content (AvgIpc) is 2.67. The minimum Gasteiger partial charge on any atom is -0.455 e. The Morgan fingerprint density at radius 2 is 1.85 bits per heavy atom. The number of hydrogen-bond donors (Lipinski definition) is 1. The maximum absolute atomic E-state index is 11.3. The van der Waals surface area contributed by atoms with Crippen molar-refractivity contribution in [2.24, 2.45) is 0 Å². The van der Waals surface area contributed by atoms with Crippen molar-refractivity contribution < 1.29 is 28.5 Å². The Hall–Kier alpha value is -1.60. The SMILES string of the molecule is COC(=O)N[C@@H]1C=C[C@H](OC(C)=O)[C@H]2OC(C)(C)O[C@H]21. The second-order valence-corrected chi connectivity index (χ2v) is 5.19. The number of ether oxygens (including phenoxy) is 4. The van der Waals surface area contributed by atoms with Crippen LogP contribution in [0.2, 0.25) is 0 Å². The van der Waals surface area contributed by atoms with Crippen LogP contribution in [0.4, 0.5) is 4.79 Å². The van der Waals surface area contributed by atoms with Gasteiger partial charge in [-0.15, -0.1) is 0 Å². The zero-order chi connectivity index (χ0) is 14.9. The van der Waals surface area contributed by atoms with Gasteiger partial charge in [0.2, 0.25) is 0 Å². The Morgan fingerprint density at radius 3 is 2.45 bits per heavy atom. The molecular formula is C13H19NO6. The quantitative estimate of drug-likeness (QED) is 0.595. The molecule has 1 N–H and O–H groups in total. The van der Waals surface area contributed by atoms with Crippen LogP contribution < -0.4 is 5.32 Å². The third-order valence-electron chi connectivity index (χ3n) is 3.12. The molecule has 1 amide bonds. The van der Waals surface area contributed by atoms with Gasteiger partial charge in [0.15, 0.2) is 5.79 Å². The van der Waals surface area contributed by atoms with E-state index in [1.54, 1.807) is 26.0 Å². The molecule has 1 aliphatic carbocycles. The van der Waals surface area contributed by atoms with Gasteiger partial charge < -0.3 is 24.3 Å². The van der Waals surface area contributed by atoms with E-state index < -0.39 is 42.2 Å². The zero-order valence-corrected chi connectivity index (χ0v) is 11.9. The van der Waals surface area contributed by atoms with Gasteiger partial charge in [-0.1, -0.05) is 6.08 Å². The van der Waals surface area contributed by atoms with Gasteiger partial charge >= 0.3 is 12.1 Å². The van der Waals surface area contributed by atoms with Crippen LogP contribution in [0, 0.1) is 0 Å². The normalized spacial score (nSPS) is 34.2. The van der Waals surface area contributed by atoms with Crippen LogP contribution in [-0.4, -0.2) is 49.3 Å².